The molecule has 3 heterocycles. The number of nitrogens with zero attached hydrogens (tertiary/aromatic N) is 1. The van der Waals surface area contributed by atoms with Crippen LogP contribution in [0.15, 0.2) is 0 Å². The molecule has 0 amide bonds. The zero-order chi connectivity index (χ0) is 11.0. The highest BCUT2D eigenvalue weighted by atomic mass is 15.1. The van der Waals surface area contributed by atoms with Gasteiger partial charge < -0.3 is 10.2 Å². The lowest BCUT2D eigenvalue weighted by atomic mass is 9.89. The molecule has 16 heavy (non-hydrogen) atoms. The molecule has 0 aliphatic carbocycles. The van der Waals surface area contributed by atoms with Crippen molar-refractivity contribution in [1.29, 1.82) is 0 Å². The third-order valence-corrected chi connectivity index (χ3v) is 5.03. The minimum Gasteiger partial charge on any atom is -0.311 e. The number of fused-ring (bicyclic) bond motifs is 2. The summed E-state index contributed by atoms with van der Waals surface area (Å²) in [5.74, 6) is 1.93. The fourth-order valence-corrected chi connectivity index (χ4v) is 3.98. The van der Waals surface area contributed by atoms with E-state index in [2.05, 4.69) is 17.1 Å². The third-order valence-electron chi connectivity index (χ3n) is 5.03. The second kappa shape index (κ2) is 4.66. The molecule has 2 bridgehead atoms. The molecule has 0 saturated carbocycles. The molecule has 3 aliphatic heterocycles. The zero-order valence-corrected chi connectivity index (χ0v) is 10.6. The Bertz CT molecular complexity index is 241. The Morgan fingerprint density at radius 3 is 2.81 bits per heavy atom. The van der Waals surface area contributed by atoms with Crippen LogP contribution in [0.4, 0.5) is 0 Å². The van der Waals surface area contributed by atoms with Gasteiger partial charge in [-0.15, -0.1) is 0 Å². The molecular weight excluding hydrogens is 196 g/mol. The fourth-order valence-electron chi connectivity index (χ4n) is 3.98. The number of hydrogen-bond acceptors (Lipinski definition) is 2. The van der Waals surface area contributed by atoms with Gasteiger partial charge in [0.2, 0.25) is 0 Å². The van der Waals surface area contributed by atoms with E-state index in [0.717, 1.165) is 23.9 Å². The second-order valence-corrected chi connectivity index (χ2v) is 6.38. The summed E-state index contributed by atoms with van der Waals surface area (Å²) in [5.41, 5.74) is 0. The van der Waals surface area contributed by atoms with Crippen LogP contribution < -0.4 is 5.32 Å². The molecule has 3 saturated heterocycles. The molecule has 3 rings (SSSR count). The largest absolute Gasteiger partial charge is 0.311 e. The number of hydrogen-bond donors (Lipinski definition) is 1. The van der Waals surface area contributed by atoms with Gasteiger partial charge in [-0.2, -0.15) is 0 Å². The molecule has 92 valence electrons. The van der Waals surface area contributed by atoms with E-state index in [9.17, 15) is 0 Å². The Morgan fingerprint density at radius 2 is 2.06 bits per heavy atom. The molecule has 0 aromatic heterocycles. The Hall–Kier alpha value is -0.0800. The van der Waals surface area contributed by atoms with Crippen LogP contribution in [0, 0.1) is 11.8 Å². The zero-order valence-electron chi connectivity index (χ0n) is 10.6. The van der Waals surface area contributed by atoms with Gasteiger partial charge >= 0.3 is 0 Å². The van der Waals surface area contributed by atoms with E-state index in [-0.39, 0.29) is 0 Å². The Balaban J connectivity index is 1.50. The first-order valence-electron chi connectivity index (χ1n) is 7.29. The summed E-state index contributed by atoms with van der Waals surface area (Å²) in [4.78, 5) is 2.75. The molecule has 0 radical (unpaired) electrons. The highest BCUT2D eigenvalue weighted by Crippen LogP contribution is 2.34. The van der Waals surface area contributed by atoms with E-state index in [1.807, 2.05) is 0 Å². The van der Waals surface area contributed by atoms with Crippen molar-refractivity contribution in [1.82, 2.24) is 10.2 Å². The third kappa shape index (κ3) is 2.28. The first-order chi connectivity index (χ1) is 7.81. The Labute approximate surface area is 99.8 Å². The summed E-state index contributed by atoms with van der Waals surface area (Å²) < 4.78 is 0. The van der Waals surface area contributed by atoms with E-state index < -0.39 is 0 Å². The van der Waals surface area contributed by atoms with Crippen LogP contribution in [0.1, 0.15) is 45.4 Å². The van der Waals surface area contributed by atoms with Crippen molar-refractivity contribution < 1.29 is 0 Å². The van der Waals surface area contributed by atoms with Crippen LogP contribution in [-0.4, -0.2) is 36.6 Å². The number of nitrogens with one attached hydrogen (secondary N) is 1. The van der Waals surface area contributed by atoms with E-state index in [1.165, 1.54) is 58.2 Å². The summed E-state index contributed by atoms with van der Waals surface area (Å²) >= 11 is 0. The summed E-state index contributed by atoms with van der Waals surface area (Å²) in [5, 5.41) is 3.77. The van der Waals surface area contributed by atoms with Crippen molar-refractivity contribution in [3.63, 3.8) is 0 Å². The van der Waals surface area contributed by atoms with Crippen LogP contribution in [0.5, 0.6) is 0 Å². The van der Waals surface area contributed by atoms with Gasteiger partial charge in [0.25, 0.3) is 0 Å². The second-order valence-electron chi connectivity index (χ2n) is 6.38. The first-order valence-corrected chi connectivity index (χ1v) is 7.29. The van der Waals surface area contributed by atoms with Gasteiger partial charge in [-0.05, 0) is 63.5 Å². The standard InChI is InChI=1S/C14H26N2/c1-11-3-2-7-16(8-6-11)10-12-9-13-4-5-14(12)15-13/h11-15H,2-10H2,1H3. The van der Waals surface area contributed by atoms with Crippen molar-refractivity contribution in [3.05, 3.63) is 0 Å². The highest BCUT2D eigenvalue weighted by molar-refractivity contribution is 4.98. The van der Waals surface area contributed by atoms with Crippen molar-refractivity contribution in [2.75, 3.05) is 19.6 Å². The SMILES string of the molecule is CC1CCCN(CC2CC3CCC2N3)CC1. The number of rotatable bonds is 2. The van der Waals surface area contributed by atoms with Crippen LogP contribution in [0.3, 0.4) is 0 Å². The molecular formula is C14H26N2. The van der Waals surface area contributed by atoms with Crippen LogP contribution in [0.2, 0.25) is 0 Å². The van der Waals surface area contributed by atoms with Gasteiger partial charge in [-0.1, -0.05) is 6.92 Å². The minimum atomic E-state index is 0.866. The van der Waals surface area contributed by atoms with Crippen LogP contribution in [-0.2, 0) is 0 Å². The molecule has 2 heteroatoms. The Morgan fingerprint density at radius 1 is 1.12 bits per heavy atom. The molecule has 1 N–H and O–H groups in total. The summed E-state index contributed by atoms with van der Waals surface area (Å²) in [6, 6.07) is 1.74. The molecule has 4 unspecified atom stereocenters. The first kappa shape index (κ1) is 11.0. The minimum absolute atomic E-state index is 0.866. The van der Waals surface area contributed by atoms with Gasteiger partial charge in [0.1, 0.15) is 0 Å². The highest BCUT2D eigenvalue weighted by Gasteiger charge is 2.39. The molecule has 0 spiro atoms. The van der Waals surface area contributed by atoms with Gasteiger partial charge in [0.05, 0.1) is 0 Å². The molecule has 4 atom stereocenters. The van der Waals surface area contributed by atoms with Crippen molar-refractivity contribution >= 4 is 0 Å². The molecule has 0 aromatic carbocycles. The van der Waals surface area contributed by atoms with Gasteiger partial charge in [0, 0.05) is 18.6 Å². The van der Waals surface area contributed by atoms with E-state index >= 15 is 0 Å². The molecule has 0 aromatic rings. The monoisotopic (exact) mass is 222 g/mol. The maximum atomic E-state index is 3.77. The quantitative estimate of drug-likeness (QED) is 0.771. The summed E-state index contributed by atoms with van der Waals surface area (Å²) in [7, 11) is 0. The van der Waals surface area contributed by atoms with Gasteiger partial charge in [-0.3, -0.25) is 0 Å². The lowest BCUT2D eigenvalue weighted by Crippen LogP contribution is -2.35. The smallest absolute Gasteiger partial charge is 0.0111 e. The fraction of sp³-hybridized carbons (Fsp3) is 1.00. The molecule has 3 fully saturated rings. The lowest BCUT2D eigenvalue weighted by Gasteiger charge is -2.28. The van der Waals surface area contributed by atoms with E-state index in [0.29, 0.717) is 0 Å². The average Bonchev–Trinajstić information content (AvgIpc) is 2.81. The molecule has 2 nitrogen and oxygen atoms in total. The number of likely N-dealkylation sites (tertiary alicyclic amines) is 1. The van der Waals surface area contributed by atoms with Crippen molar-refractivity contribution in [2.24, 2.45) is 11.8 Å². The Kier molecular flexibility index (Phi) is 3.21. The summed E-state index contributed by atoms with van der Waals surface area (Å²) in [6.07, 6.45) is 8.64. The van der Waals surface area contributed by atoms with Crippen LogP contribution in [0.25, 0.3) is 0 Å². The maximum Gasteiger partial charge on any atom is 0.0111 e. The van der Waals surface area contributed by atoms with E-state index in [1.54, 1.807) is 0 Å². The average molecular weight is 222 g/mol. The van der Waals surface area contributed by atoms with Crippen molar-refractivity contribution in [3.8, 4) is 0 Å². The maximum absolute atomic E-state index is 3.77. The predicted octanol–water partition coefficient (Wildman–Crippen LogP) is 2.25. The van der Waals surface area contributed by atoms with Gasteiger partial charge in [-0.25, -0.2) is 0 Å². The normalized spacial score (nSPS) is 44.8. The van der Waals surface area contributed by atoms with Gasteiger partial charge in [0.15, 0.2) is 0 Å². The van der Waals surface area contributed by atoms with Crippen molar-refractivity contribution in [2.45, 2.75) is 57.5 Å². The van der Waals surface area contributed by atoms with Crippen LogP contribution >= 0.6 is 0 Å². The van der Waals surface area contributed by atoms with E-state index in [4.69, 9.17) is 0 Å². The lowest BCUT2D eigenvalue weighted by molar-refractivity contribution is 0.216. The summed E-state index contributed by atoms with van der Waals surface area (Å²) in [6.45, 7) is 6.51. The molecule has 3 aliphatic rings. The predicted molar refractivity (Wildman–Crippen MR) is 67.5 cm³/mol. The topological polar surface area (TPSA) is 15.3 Å².